The smallest absolute Gasteiger partial charge is 0.214 e. The summed E-state index contributed by atoms with van der Waals surface area (Å²) in [7, 11) is -3.19. The molecule has 2 saturated heterocycles. The Kier molecular flexibility index (Phi) is 5.63. The first kappa shape index (κ1) is 16.8. The van der Waals surface area contributed by atoms with Crippen LogP contribution in [-0.4, -0.2) is 55.9 Å². The zero-order valence-corrected chi connectivity index (χ0v) is 14.1. The number of hydrogen-bond donors (Lipinski definition) is 0. The van der Waals surface area contributed by atoms with E-state index >= 15 is 0 Å². The van der Waals surface area contributed by atoms with Crippen molar-refractivity contribution in [1.82, 2.24) is 9.29 Å². The average molecular weight is 340 g/mol. The van der Waals surface area contributed by atoms with Crippen LogP contribution in [0.3, 0.4) is 0 Å². The lowest BCUT2D eigenvalue weighted by Crippen LogP contribution is -2.35. The molecule has 128 valence electrons. The molecule has 23 heavy (non-hydrogen) atoms. The molecule has 0 N–H and O–H groups in total. The minimum Gasteiger partial charge on any atom is -0.381 e. The summed E-state index contributed by atoms with van der Waals surface area (Å²) in [5.41, 5.74) is 1.06. The van der Waals surface area contributed by atoms with E-state index in [1.54, 1.807) is 16.7 Å². The zero-order chi connectivity index (χ0) is 16.1. The van der Waals surface area contributed by atoms with E-state index in [0.717, 1.165) is 24.8 Å². The van der Waals surface area contributed by atoms with Gasteiger partial charge in [0.15, 0.2) is 0 Å². The van der Waals surface area contributed by atoms with Crippen LogP contribution in [0, 0.1) is 5.92 Å². The van der Waals surface area contributed by atoms with Crippen molar-refractivity contribution in [3.63, 3.8) is 0 Å². The van der Waals surface area contributed by atoms with Crippen molar-refractivity contribution in [2.45, 2.75) is 32.0 Å². The van der Waals surface area contributed by atoms with Crippen LogP contribution in [0.1, 0.15) is 24.8 Å². The Morgan fingerprint density at radius 2 is 1.96 bits per heavy atom. The zero-order valence-electron chi connectivity index (χ0n) is 13.3. The van der Waals surface area contributed by atoms with Gasteiger partial charge in [0.25, 0.3) is 0 Å². The van der Waals surface area contributed by atoms with Gasteiger partial charge in [0.1, 0.15) is 0 Å². The van der Waals surface area contributed by atoms with Gasteiger partial charge in [-0.1, -0.05) is 0 Å². The van der Waals surface area contributed by atoms with Crippen molar-refractivity contribution < 1.29 is 17.9 Å². The molecule has 0 unspecified atom stereocenters. The van der Waals surface area contributed by atoms with E-state index in [4.69, 9.17) is 9.47 Å². The molecular weight excluding hydrogens is 316 g/mol. The third-order valence-corrected chi connectivity index (χ3v) is 6.53. The van der Waals surface area contributed by atoms with Crippen LogP contribution in [0.25, 0.3) is 0 Å². The molecule has 0 radical (unpaired) electrons. The lowest BCUT2D eigenvalue weighted by Gasteiger charge is -2.24. The lowest BCUT2D eigenvalue weighted by molar-refractivity contribution is 0.0507. The summed E-state index contributed by atoms with van der Waals surface area (Å²) in [5, 5.41) is 0. The predicted molar refractivity (Wildman–Crippen MR) is 86.3 cm³/mol. The molecular formula is C16H24N2O4S. The van der Waals surface area contributed by atoms with E-state index in [0.29, 0.717) is 32.9 Å². The fourth-order valence-electron chi connectivity index (χ4n) is 3.10. The Balaban J connectivity index is 1.48. The van der Waals surface area contributed by atoms with Crippen molar-refractivity contribution in [2.24, 2.45) is 5.92 Å². The molecule has 0 bridgehead atoms. The highest BCUT2D eigenvalue weighted by Crippen LogP contribution is 2.23. The Morgan fingerprint density at radius 1 is 1.22 bits per heavy atom. The first-order chi connectivity index (χ1) is 11.1. The van der Waals surface area contributed by atoms with Crippen molar-refractivity contribution in [1.29, 1.82) is 0 Å². The largest absolute Gasteiger partial charge is 0.381 e. The monoisotopic (exact) mass is 340 g/mol. The first-order valence-corrected chi connectivity index (χ1v) is 9.80. The van der Waals surface area contributed by atoms with Gasteiger partial charge in [-0.15, -0.1) is 0 Å². The molecule has 0 amide bonds. The standard InChI is InChI=1S/C16H24N2O4S/c19-23(20,13-15-4-9-21-10-5-15)18-8-3-16(11-18)22-12-14-1-6-17-7-2-14/h1-2,6-7,15-16H,3-5,8-13H2/t16-/m1/s1. The summed E-state index contributed by atoms with van der Waals surface area (Å²) in [6.07, 6.45) is 5.89. The molecule has 6 nitrogen and oxygen atoms in total. The summed E-state index contributed by atoms with van der Waals surface area (Å²) in [6.45, 7) is 2.89. The summed E-state index contributed by atoms with van der Waals surface area (Å²) >= 11 is 0. The Morgan fingerprint density at radius 3 is 2.70 bits per heavy atom. The van der Waals surface area contributed by atoms with E-state index in [1.165, 1.54) is 0 Å². The number of rotatable bonds is 6. The topological polar surface area (TPSA) is 68.7 Å². The molecule has 0 saturated carbocycles. The average Bonchev–Trinajstić information content (AvgIpc) is 3.04. The second-order valence-corrected chi connectivity index (χ2v) is 8.28. The fraction of sp³-hybridized carbons (Fsp3) is 0.688. The normalized spacial score (nSPS) is 24.1. The Hall–Kier alpha value is -1.02. The summed E-state index contributed by atoms with van der Waals surface area (Å²) in [6, 6.07) is 3.82. The molecule has 2 aliphatic rings. The molecule has 2 aliphatic heterocycles. The van der Waals surface area contributed by atoms with Gasteiger partial charge < -0.3 is 9.47 Å². The van der Waals surface area contributed by atoms with Gasteiger partial charge in [-0.05, 0) is 42.9 Å². The number of nitrogens with zero attached hydrogens (tertiary/aromatic N) is 2. The van der Waals surface area contributed by atoms with Crippen LogP contribution in [0.15, 0.2) is 24.5 Å². The van der Waals surface area contributed by atoms with E-state index in [1.807, 2.05) is 12.1 Å². The van der Waals surface area contributed by atoms with Crippen LogP contribution in [0.5, 0.6) is 0 Å². The maximum Gasteiger partial charge on any atom is 0.214 e. The number of hydrogen-bond acceptors (Lipinski definition) is 5. The van der Waals surface area contributed by atoms with Crippen molar-refractivity contribution in [3.8, 4) is 0 Å². The predicted octanol–water partition coefficient (Wildman–Crippen LogP) is 1.43. The van der Waals surface area contributed by atoms with E-state index < -0.39 is 10.0 Å². The quantitative estimate of drug-likeness (QED) is 0.783. The van der Waals surface area contributed by atoms with E-state index in [-0.39, 0.29) is 17.8 Å². The molecule has 2 fully saturated rings. The molecule has 7 heteroatoms. The van der Waals surface area contributed by atoms with Gasteiger partial charge in [-0.25, -0.2) is 8.42 Å². The second-order valence-electron chi connectivity index (χ2n) is 6.27. The molecule has 1 aromatic rings. The van der Waals surface area contributed by atoms with Crippen molar-refractivity contribution in [3.05, 3.63) is 30.1 Å². The van der Waals surface area contributed by atoms with Gasteiger partial charge in [-0.2, -0.15) is 4.31 Å². The molecule has 0 aromatic carbocycles. The highest BCUT2D eigenvalue weighted by molar-refractivity contribution is 7.89. The first-order valence-electron chi connectivity index (χ1n) is 8.19. The minimum atomic E-state index is -3.19. The number of sulfonamides is 1. The maximum atomic E-state index is 12.5. The van der Waals surface area contributed by atoms with Gasteiger partial charge in [0.05, 0.1) is 18.5 Å². The van der Waals surface area contributed by atoms with Gasteiger partial charge in [0, 0.05) is 38.7 Å². The molecule has 3 heterocycles. The number of ether oxygens (including phenoxy) is 2. The Bertz CT molecular complexity index is 587. The molecule has 3 rings (SSSR count). The minimum absolute atomic E-state index is 0.0207. The van der Waals surface area contributed by atoms with Gasteiger partial charge in [-0.3, -0.25) is 4.98 Å². The fourth-order valence-corrected chi connectivity index (χ4v) is 5.01. The third-order valence-electron chi connectivity index (χ3n) is 4.52. The summed E-state index contributed by atoms with van der Waals surface area (Å²) in [5.74, 6) is 0.471. The van der Waals surface area contributed by atoms with E-state index in [2.05, 4.69) is 4.98 Å². The third kappa shape index (κ3) is 4.73. The second kappa shape index (κ2) is 7.70. The molecule has 0 spiro atoms. The van der Waals surface area contributed by atoms with Crippen LogP contribution in [0.2, 0.25) is 0 Å². The highest BCUT2D eigenvalue weighted by atomic mass is 32.2. The maximum absolute atomic E-state index is 12.5. The van der Waals surface area contributed by atoms with Crippen LogP contribution < -0.4 is 0 Å². The summed E-state index contributed by atoms with van der Waals surface area (Å²) < 4.78 is 37.8. The number of pyridine rings is 1. The van der Waals surface area contributed by atoms with Gasteiger partial charge >= 0.3 is 0 Å². The van der Waals surface area contributed by atoms with Crippen molar-refractivity contribution >= 4 is 10.0 Å². The molecule has 1 aromatic heterocycles. The van der Waals surface area contributed by atoms with Crippen LogP contribution >= 0.6 is 0 Å². The molecule has 1 atom stereocenters. The number of aromatic nitrogens is 1. The van der Waals surface area contributed by atoms with Gasteiger partial charge in [0.2, 0.25) is 10.0 Å². The lowest BCUT2D eigenvalue weighted by atomic mass is 10.0. The van der Waals surface area contributed by atoms with Crippen molar-refractivity contribution in [2.75, 3.05) is 32.1 Å². The SMILES string of the molecule is O=S(=O)(CC1CCOCC1)N1CC[C@@H](OCc2ccncc2)C1. The molecule has 0 aliphatic carbocycles. The Labute approximate surface area is 137 Å². The van der Waals surface area contributed by atoms with Crippen LogP contribution in [-0.2, 0) is 26.1 Å². The van der Waals surface area contributed by atoms with E-state index in [9.17, 15) is 8.42 Å². The highest BCUT2D eigenvalue weighted by Gasteiger charge is 2.33. The van der Waals surface area contributed by atoms with Crippen LogP contribution in [0.4, 0.5) is 0 Å². The summed E-state index contributed by atoms with van der Waals surface area (Å²) in [4.78, 5) is 3.97.